The minimum absolute atomic E-state index is 0.0147. The van der Waals surface area contributed by atoms with Crippen LogP contribution in [-0.2, 0) is 81.0 Å². The number of carbonyl (C=O) groups excluding carboxylic acids is 8. The average Bonchev–Trinajstić information content (AvgIpc) is 3.68. The van der Waals surface area contributed by atoms with Gasteiger partial charge < -0.3 is 47.7 Å². The van der Waals surface area contributed by atoms with Gasteiger partial charge in [-0.2, -0.15) is 17.6 Å². The molecule has 5 atom stereocenters. The fourth-order valence-corrected chi connectivity index (χ4v) is 7.74. The Bertz CT molecular complexity index is 2220. The second kappa shape index (κ2) is 29.1. The number of hydrogen-bond acceptors (Lipinski definition) is 18. The van der Waals surface area contributed by atoms with E-state index in [1.54, 1.807) is 6.92 Å². The van der Waals surface area contributed by atoms with Crippen LogP contribution in [0.5, 0.6) is 0 Å². The van der Waals surface area contributed by atoms with Crippen LogP contribution in [0, 0.1) is 11.8 Å². The molecule has 4 saturated carbocycles. The van der Waals surface area contributed by atoms with Crippen molar-refractivity contribution in [2.75, 3.05) is 13.7 Å². The first-order chi connectivity index (χ1) is 34.9. The van der Waals surface area contributed by atoms with Crippen molar-refractivity contribution in [3.05, 3.63) is 60.8 Å². The Hall–Kier alpha value is -6.76. The Kier molecular flexibility index (Phi) is 26.6. The number of ether oxygens (including phenoxy) is 9. The molecule has 5 unspecified atom stereocenters. The van der Waals surface area contributed by atoms with E-state index in [9.17, 15) is 73.9 Å². The molecule has 0 aromatic carbocycles. The van der Waals surface area contributed by atoms with Crippen molar-refractivity contribution in [1.82, 2.24) is 0 Å². The lowest BCUT2D eigenvalue weighted by atomic mass is 9.52. The summed E-state index contributed by atoms with van der Waals surface area (Å²) < 4.78 is 130. The van der Waals surface area contributed by atoms with E-state index >= 15 is 0 Å². The highest BCUT2D eigenvalue weighted by molar-refractivity contribution is 5.90. The molecule has 1 aliphatic heterocycles. The number of halogens is 7. The van der Waals surface area contributed by atoms with E-state index in [4.69, 9.17) is 24.1 Å². The lowest BCUT2D eigenvalue weighted by Gasteiger charge is -2.59. The van der Waals surface area contributed by atoms with Crippen LogP contribution in [0.2, 0.25) is 0 Å². The van der Waals surface area contributed by atoms with E-state index in [1.807, 2.05) is 20.8 Å². The molecule has 4 aliphatic carbocycles. The number of methoxy groups -OCH3 is 1. The molecule has 5 rings (SSSR count). The van der Waals surface area contributed by atoms with Crippen LogP contribution >= 0.6 is 0 Å². The molecule has 0 spiro atoms. The Morgan fingerprint density at radius 3 is 1.34 bits per heavy atom. The Morgan fingerprint density at radius 2 is 1.03 bits per heavy atom. The van der Waals surface area contributed by atoms with Crippen molar-refractivity contribution >= 4 is 53.9 Å². The standard InChI is InChI=1S/C19H28O5.C10H11F5O4.C10H14F2O4.C8H10O4.C4H6O2/c1-12(2)15(20)22-18-7-13-6-14(8-18)10-19(9-13,11-18)24-16(21)23-17(3,4)5;1-4-6(18-7(16)5(2)3)9(11,12)8(17)19-10(13,14)15;1-5-7(16-8(13)6(2)3)10(11,12)9(14)15-4;1-5(2)7(9)12-6-3-4-11-8(6)10;1-3(2)4(5)6/h13-14H,1,6-11H2,2-5H3;6H,2,4H2,1,3H3;7H,2,5H2,1,3-4H3;6H,1,3-4H2,2H3;1H2,2H3,(H,5,6). The highest BCUT2D eigenvalue weighted by Crippen LogP contribution is 2.60. The van der Waals surface area contributed by atoms with Crippen LogP contribution in [0.4, 0.5) is 35.5 Å². The van der Waals surface area contributed by atoms with Gasteiger partial charge in [-0.1, -0.05) is 46.7 Å². The van der Waals surface area contributed by atoms with Crippen molar-refractivity contribution in [2.45, 2.75) is 180 Å². The topological polar surface area (TPSA) is 257 Å². The predicted molar refractivity (Wildman–Crippen MR) is 255 cm³/mol. The summed E-state index contributed by atoms with van der Waals surface area (Å²) in [7, 11) is 0.837. The molecule has 77 heavy (non-hydrogen) atoms. The van der Waals surface area contributed by atoms with E-state index in [-0.39, 0.29) is 34.7 Å². The van der Waals surface area contributed by atoms with E-state index in [2.05, 4.69) is 56.6 Å². The van der Waals surface area contributed by atoms with Crippen LogP contribution in [-0.4, -0.2) is 126 Å². The first-order valence-electron chi connectivity index (χ1n) is 23.5. The van der Waals surface area contributed by atoms with Crippen molar-refractivity contribution in [3.63, 3.8) is 0 Å². The summed E-state index contributed by atoms with van der Waals surface area (Å²) in [5.74, 6) is -16.7. The number of hydrogen-bond donors (Lipinski definition) is 1. The minimum Gasteiger partial charge on any atom is -0.478 e. The molecule has 5 aliphatic rings. The zero-order chi connectivity index (χ0) is 60.4. The molecule has 1 N–H and O–H groups in total. The number of carbonyl (C=O) groups is 9. The van der Waals surface area contributed by atoms with Gasteiger partial charge in [0.2, 0.25) is 6.10 Å². The van der Waals surface area contributed by atoms with E-state index < -0.39 is 108 Å². The molecule has 26 heteroatoms. The summed E-state index contributed by atoms with van der Waals surface area (Å²) >= 11 is 0. The first-order valence-corrected chi connectivity index (χ1v) is 23.5. The normalized spacial score (nSPS) is 21.5. The Morgan fingerprint density at radius 1 is 0.636 bits per heavy atom. The van der Waals surface area contributed by atoms with Gasteiger partial charge in [-0.3, -0.25) is 0 Å². The summed E-state index contributed by atoms with van der Waals surface area (Å²) in [6, 6.07) is 0. The number of carboxylic acids is 1. The summed E-state index contributed by atoms with van der Waals surface area (Å²) in [4.78, 5) is 99.2. The number of carboxylic acid groups (broad SMARTS) is 1. The van der Waals surface area contributed by atoms with Gasteiger partial charge in [0, 0.05) is 40.7 Å². The van der Waals surface area contributed by atoms with Gasteiger partial charge in [-0.15, -0.1) is 13.2 Å². The van der Waals surface area contributed by atoms with Gasteiger partial charge >= 0.3 is 72.1 Å². The Labute approximate surface area is 441 Å². The molecule has 436 valence electrons. The van der Waals surface area contributed by atoms with Gasteiger partial charge in [0.15, 0.2) is 12.2 Å². The monoisotopic (exact) mass is 1120 g/mol. The largest absolute Gasteiger partial charge is 0.575 e. The van der Waals surface area contributed by atoms with Gasteiger partial charge in [-0.05, 0) is 112 Å². The van der Waals surface area contributed by atoms with E-state index in [0.717, 1.165) is 53.1 Å². The van der Waals surface area contributed by atoms with E-state index in [0.29, 0.717) is 36.9 Å². The molecule has 0 amide bonds. The van der Waals surface area contributed by atoms with Crippen LogP contribution in [0.15, 0.2) is 60.8 Å². The fourth-order valence-electron chi connectivity index (χ4n) is 7.74. The highest BCUT2D eigenvalue weighted by atomic mass is 19.4. The second-order valence-corrected chi connectivity index (χ2v) is 19.5. The quantitative estimate of drug-likeness (QED) is 0.0653. The molecule has 1 saturated heterocycles. The zero-order valence-corrected chi connectivity index (χ0v) is 44.9. The maximum atomic E-state index is 13.4. The van der Waals surface area contributed by atoms with Gasteiger partial charge in [-0.25, -0.2) is 43.2 Å². The highest BCUT2D eigenvalue weighted by Gasteiger charge is 2.62. The third kappa shape index (κ3) is 23.6. The molecule has 19 nitrogen and oxygen atoms in total. The molecule has 1 heterocycles. The Balaban J connectivity index is 0.000000989. The number of rotatable bonds is 16. The van der Waals surface area contributed by atoms with Crippen molar-refractivity contribution < 1.29 is 122 Å². The van der Waals surface area contributed by atoms with Gasteiger partial charge in [0.05, 0.1) is 13.7 Å². The minimum atomic E-state index is -5.54. The second-order valence-electron chi connectivity index (χ2n) is 19.5. The molecule has 5 fully saturated rings. The van der Waals surface area contributed by atoms with Crippen molar-refractivity contribution in [1.29, 1.82) is 0 Å². The van der Waals surface area contributed by atoms with Crippen molar-refractivity contribution in [3.8, 4) is 0 Å². The summed E-state index contributed by atoms with van der Waals surface area (Å²) in [6.07, 6.45) is -6.34. The molecule has 0 aromatic heterocycles. The SMILES string of the molecule is C=C(C)C(=O)O.C=C(C)C(=O)OC(CC)C(F)(F)C(=O)OC.C=C(C)C(=O)OC(CC)C(F)(F)C(=O)OC(F)(F)F.C=C(C)C(=O)OC12CC3CC(CC(OC(=O)OC(C)(C)C)(C3)C1)C2.C=C(C)C(=O)OC1CCOC1=O. The fraction of sp³-hybridized carbons (Fsp3) is 0.627. The van der Waals surface area contributed by atoms with Crippen LogP contribution in [0.3, 0.4) is 0 Å². The van der Waals surface area contributed by atoms with Crippen LogP contribution in [0.25, 0.3) is 0 Å². The van der Waals surface area contributed by atoms with E-state index in [1.165, 1.54) is 27.7 Å². The van der Waals surface area contributed by atoms with Crippen LogP contribution < -0.4 is 0 Å². The molecule has 0 aromatic rings. The number of esters is 7. The smallest absolute Gasteiger partial charge is 0.478 e. The molecule has 4 bridgehead atoms. The molecule has 0 radical (unpaired) electrons. The summed E-state index contributed by atoms with van der Waals surface area (Å²) in [6.45, 7) is 32.0. The maximum absolute atomic E-state index is 13.4. The summed E-state index contributed by atoms with van der Waals surface area (Å²) in [5, 5.41) is 7.89. The number of aliphatic carboxylic acids is 1. The van der Waals surface area contributed by atoms with Gasteiger partial charge in [0.25, 0.3) is 0 Å². The lowest BCUT2D eigenvalue weighted by Crippen LogP contribution is -2.62. The third-order valence-corrected chi connectivity index (χ3v) is 10.8. The maximum Gasteiger partial charge on any atom is 0.575 e. The first kappa shape index (κ1) is 70.2. The number of cyclic esters (lactones) is 1. The number of alkyl halides is 7. The average molecular weight is 1120 g/mol. The van der Waals surface area contributed by atoms with Crippen LogP contribution in [0.1, 0.15) is 127 Å². The summed E-state index contributed by atoms with van der Waals surface area (Å²) in [5.41, 5.74) is -1.02. The predicted octanol–water partition coefficient (Wildman–Crippen LogP) is 9.49. The molecular weight excluding hydrogens is 1050 g/mol. The van der Waals surface area contributed by atoms with Gasteiger partial charge in [0.1, 0.15) is 16.8 Å². The lowest BCUT2D eigenvalue weighted by molar-refractivity contribution is -0.318. The zero-order valence-electron chi connectivity index (χ0n) is 44.9. The third-order valence-electron chi connectivity index (χ3n) is 10.8. The van der Waals surface area contributed by atoms with Crippen molar-refractivity contribution in [2.24, 2.45) is 11.8 Å². The molecular formula is C51H69F7O19.